The lowest BCUT2D eigenvalue weighted by atomic mass is 10.3. The molecule has 0 radical (unpaired) electrons. The second kappa shape index (κ2) is 6.11. The molecule has 2 aromatic rings. The first-order valence-corrected chi connectivity index (χ1v) is 7.07. The number of halogens is 1. The Morgan fingerprint density at radius 3 is 2.78 bits per heavy atom. The standard InChI is InChI=1S/C13H18FN3S/c1-3-17(4-2)9-8-15-13-16-12-10(14)6-5-7-11(12)18-13/h5-7H,3-4,8-9H2,1-2H3,(H,15,16). The van der Waals surface area contributed by atoms with Crippen LogP contribution in [0.5, 0.6) is 0 Å². The van der Waals surface area contributed by atoms with E-state index in [1.165, 1.54) is 17.4 Å². The maximum atomic E-state index is 13.5. The van der Waals surface area contributed by atoms with Crippen LogP contribution in [0.1, 0.15) is 13.8 Å². The molecule has 0 unspecified atom stereocenters. The summed E-state index contributed by atoms with van der Waals surface area (Å²) < 4.78 is 14.4. The highest BCUT2D eigenvalue weighted by Gasteiger charge is 2.07. The van der Waals surface area contributed by atoms with Crippen LogP contribution in [-0.2, 0) is 0 Å². The van der Waals surface area contributed by atoms with Crippen molar-refractivity contribution in [2.45, 2.75) is 13.8 Å². The number of likely N-dealkylation sites (N-methyl/N-ethyl adjacent to an activating group) is 1. The van der Waals surface area contributed by atoms with Crippen LogP contribution < -0.4 is 5.32 Å². The van der Waals surface area contributed by atoms with E-state index in [-0.39, 0.29) is 5.82 Å². The predicted octanol–water partition coefficient (Wildman–Crippen LogP) is 3.19. The van der Waals surface area contributed by atoms with Gasteiger partial charge in [0, 0.05) is 13.1 Å². The smallest absolute Gasteiger partial charge is 0.183 e. The Labute approximate surface area is 111 Å². The van der Waals surface area contributed by atoms with E-state index in [0.717, 1.165) is 36.0 Å². The van der Waals surface area contributed by atoms with Crippen molar-refractivity contribution in [2.75, 3.05) is 31.5 Å². The van der Waals surface area contributed by atoms with Crippen LogP contribution in [0.15, 0.2) is 18.2 Å². The molecule has 0 saturated carbocycles. The Hall–Kier alpha value is -1.20. The topological polar surface area (TPSA) is 28.2 Å². The average molecular weight is 267 g/mol. The predicted molar refractivity (Wildman–Crippen MR) is 75.9 cm³/mol. The monoisotopic (exact) mass is 267 g/mol. The summed E-state index contributed by atoms with van der Waals surface area (Å²) in [5.74, 6) is -0.249. The summed E-state index contributed by atoms with van der Waals surface area (Å²) in [6, 6.07) is 5.06. The van der Waals surface area contributed by atoms with E-state index in [2.05, 4.69) is 29.0 Å². The van der Waals surface area contributed by atoms with Crippen LogP contribution in [0, 0.1) is 5.82 Å². The third kappa shape index (κ3) is 2.97. The van der Waals surface area contributed by atoms with Gasteiger partial charge in [0.15, 0.2) is 5.13 Å². The lowest BCUT2D eigenvalue weighted by molar-refractivity contribution is 0.316. The number of rotatable bonds is 6. The van der Waals surface area contributed by atoms with Crippen molar-refractivity contribution < 1.29 is 4.39 Å². The fourth-order valence-electron chi connectivity index (χ4n) is 1.85. The van der Waals surface area contributed by atoms with Crippen LogP contribution in [-0.4, -0.2) is 36.1 Å². The van der Waals surface area contributed by atoms with Gasteiger partial charge in [0.2, 0.25) is 0 Å². The number of anilines is 1. The molecule has 5 heteroatoms. The van der Waals surface area contributed by atoms with Crippen molar-refractivity contribution in [3.63, 3.8) is 0 Å². The van der Waals surface area contributed by atoms with Gasteiger partial charge in [-0.15, -0.1) is 0 Å². The Bertz CT molecular complexity index is 508. The molecule has 0 saturated heterocycles. The Balaban J connectivity index is 1.98. The zero-order chi connectivity index (χ0) is 13.0. The Morgan fingerprint density at radius 2 is 2.11 bits per heavy atom. The van der Waals surface area contributed by atoms with E-state index in [0.29, 0.717) is 5.52 Å². The number of hydrogen-bond acceptors (Lipinski definition) is 4. The molecule has 0 bridgehead atoms. The molecule has 2 rings (SSSR count). The highest BCUT2D eigenvalue weighted by molar-refractivity contribution is 7.22. The fourth-order valence-corrected chi connectivity index (χ4v) is 2.76. The number of fused-ring (bicyclic) bond motifs is 1. The minimum atomic E-state index is -0.249. The van der Waals surface area contributed by atoms with Crippen molar-refractivity contribution in [2.24, 2.45) is 0 Å². The Morgan fingerprint density at radius 1 is 1.33 bits per heavy atom. The second-order valence-electron chi connectivity index (χ2n) is 4.06. The molecule has 0 amide bonds. The van der Waals surface area contributed by atoms with Gasteiger partial charge in [-0.1, -0.05) is 31.3 Å². The molecule has 0 aliphatic carbocycles. The fraction of sp³-hybridized carbons (Fsp3) is 0.462. The molecule has 0 spiro atoms. The van der Waals surface area contributed by atoms with E-state index in [9.17, 15) is 4.39 Å². The van der Waals surface area contributed by atoms with E-state index in [1.807, 2.05) is 6.07 Å². The minimum Gasteiger partial charge on any atom is -0.360 e. The number of nitrogens with zero attached hydrogens (tertiary/aromatic N) is 2. The molecule has 98 valence electrons. The lowest BCUT2D eigenvalue weighted by Gasteiger charge is -2.17. The zero-order valence-corrected chi connectivity index (χ0v) is 11.6. The van der Waals surface area contributed by atoms with Gasteiger partial charge in [0.05, 0.1) is 4.70 Å². The quantitative estimate of drug-likeness (QED) is 0.871. The third-order valence-corrected chi connectivity index (χ3v) is 3.95. The van der Waals surface area contributed by atoms with Crippen molar-refractivity contribution in [3.8, 4) is 0 Å². The number of nitrogens with one attached hydrogen (secondary N) is 1. The number of para-hydroxylation sites is 1. The SMILES string of the molecule is CCN(CC)CCNc1nc2c(F)cccc2s1. The molecule has 1 heterocycles. The van der Waals surface area contributed by atoms with E-state index < -0.39 is 0 Å². The summed E-state index contributed by atoms with van der Waals surface area (Å²) >= 11 is 1.50. The molecule has 1 aromatic carbocycles. The zero-order valence-electron chi connectivity index (χ0n) is 10.7. The van der Waals surface area contributed by atoms with E-state index in [1.54, 1.807) is 6.07 Å². The molecular formula is C13H18FN3S. The molecule has 1 N–H and O–H groups in total. The Kier molecular flexibility index (Phi) is 4.49. The van der Waals surface area contributed by atoms with Crippen molar-refractivity contribution in [1.29, 1.82) is 0 Å². The lowest BCUT2D eigenvalue weighted by Crippen LogP contribution is -2.28. The van der Waals surface area contributed by atoms with Crippen LogP contribution in [0.4, 0.5) is 9.52 Å². The average Bonchev–Trinajstić information content (AvgIpc) is 2.79. The van der Waals surface area contributed by atoms with E-state index in [4.69, 9.17) is 0 Å². The van der Waals surface area contributed by atoms with Gasteiger partial charge in [-0.2, -0.15) is 0 Å². The molecular weight excluding hydrogens is 249 g/mol. The van der Waals surface area contributed by atoms with Gasteiger partial charge in [-0.05, 0) is 25.2 Å². The van der Waals surface area contributed by atoms with Crippen molar-refractivity contribution >= 4 is 26.7 Å². The third-order valence-electron chi connectivity index (χ3n) is 2.97. The minimum absolute atomic E-state index is 0.249. The molecule has 0 fully saturated rings. The number of thiazole rings is 1. The molecule has 0 atom stereocenters. The summed E-state index contributed by atoms with van der Waals surface area (Å²) in [6.07, 6.45) is 0. The van der Waals surface area contributed by atoms with Gasteiger partial charge in [0.1, 0.15) is 11.3 Å². The van der Waals surface area contributed by atoms with Crippen LogP contribution >= 0.6 is 11.3 Å². The largest absolute Gasteiger partial charge is 0.360 e. The van der Waals surface area contributed by atoms with Gasteiger partial charge >= 0.3 is 0 Å². The summed E-state index contributed by atoms with van der Waals surface area (Å²) in [4.78, 5) is 6.61. The van der Waals surface area contributed by atoms with Crippen LogP contribution in [0.2, 0.25) is 0 Å². The molecule has 18 heavy (non-hydrogen) atoms. The van der Waals surface area contributed by atoms with Crippen LogP contribution in [0.3, 0.4) is 0 Å². The van der Waals surface area contributed by atoms with Gasteiger partial charge < -0.3 is 10.2 Å². The van der Waals surface area contributed by atoms with Crippen molar-refractivity contribution in [1.82, 2.24) is 9.88 Å². The number of benzene rings is 1. The van der Waals surface area contributed by atoms with Gasteiger partial charge in [-0.3, -0.25) is 0 Å². The summed E-state index contributed by atoms with van der Waals surface area (Å²) in [6.45, 7) is 8.21. The first-order chi connectivity index (χ1) is 8.74. The summed E-state index contributed by atoms with van der Waals surface area (Å²) in [5, 5.41) is 4.05. The number of hydrogen-bond donors (Lipinski definition) is 1. The van der Waals surface area contributed by atoms with Crippen molar-refractivity contribution in [3.05, 3.63) is 24.0 Å². The van der Waals surface area contributed by atoms with Gasteiger partial charge in [-0.25, -0.2) is 9.37 Å². The highest BCUT2D eigenvalue weighted by Crippen LogP contribution is 2.27. The summed E-state index contributed by atoms with van der Waals surface area (Å²) in [7, 11) is 0. The van der Waals surface area contributed by atoms with E-state index >= 15 is 0 Å². The normalized spacial score (nSPS) is 11.3. The molecule has 0 aliphatic rings. The number of aromatic nitrogens is 1. The first-order valence-electron chi connectivity index (χ1n) is 6.25. The first kappa shape index (κ1) is 13.2. The highest BCUT2D eigenvalue weighted by atomic mass is 32.1. The molecule has 3 nitrogen and oxygen atoms in total. The molecule has 0 aliphatic heterocycles. The maximum absolute atomic E-state index is 13.5. The molecule has 1 aromatic heterocycles. The van der Waals surface area contributed by atoms with Gasteiger partial charge in [0.25, 0.3) is 0 Å². The second-order valence-corrected chi connectivity index (χ2v) is 5.09. The summed E-state index contributed by atoms with van der Waals surface area (Å²) in [5.41, 5.74) is 0.466. The maximum Gasteiger partial charge on any atom is 0.183 e. The van der Waals surface area contributed by atoms with Crippen LogP contribution in [0.25, 0.3) is 10.2 Å².